The van der Waals surface area contributed by atoms with E-state index >= 15 is 0 Å². The van der Waals surface area contributed by atoms with Crippen LogP contribution in [0, 0.1) is 0 Å². The molecular formula is C8H11ClORh. The number of alkyl halides is 1. The zero-order valence-corrected chi connectivity index (χ0v) is 8.74. The van der Waals surface area contributed by atoms with E-state index in [1.165, 1.54) is 0 Å². The van der Waals surface area contributed by atoms with Crippen LogP contribution in [0.5, 0.6) is 0 Å². The zero-order valence-electron chi connectivity index (χ0n) is 6.34. The Labute approximate surface area is 82.3 Å². The van der Waals surface area contributed by atoms with E-state index < -0.39 is 0 Å². The SMILES string of the molecule is C/C=C(\C=C/[CH]=[Rh])COCCl. The second-order valence-electron chi connectivity index (χ2n) is 1.79. The van der Waals surface area contributed by atoms with E-state index in [2.05, 4.69) is 17.9 Å². The molecule has 0 aliphatic carbocycles. The quantitative estimate of drug-likeness (QED) is 0.418. The topological polar surface area (TPSA) is 9.23 Å². The molecule has 1 nitrogen and oxygen atoms in total. The van der Waals surface area contributed by atoms with E-state index in [9.17, 15) is 0 Å². The molecule has 0 fully saturated rings. The van der Waals surface area contributed by atoms with Crippen molar-refractivity contribution in [2.75, 3.05) is 12.7 Å². The average molecular weight is 262 g/mol. The summed E-state index contributed by atoms with van der Waals surface area (Å²) in [5, 5.41) is 0. The summed E-state index contributed by atoms with van der Waals surface area (Å²) in [5.41, 5.74) is 1.12. The number of hydrogen-bond donors (Lipinski definition) is 0. The van der Waals surface area contributed by atoms with E-state index in [0.717, 1.165) is 5.57 Å². The summed E-state index contributed by atoms with van der Waals surface area (Å²) in [5.74, 6) is 0. The molecule has 0 aromatic heterocycles. The van der Waals surface area contributed by atoms with Crippen molar-refractivity contribution >= 4 is 16.2 Å². The van der Waals surface area contributed by atoms with Gasteiger partial charge in [0.2, 0.25) is 0 Å². The Hall–Kier alpha value is 0.223. The predicted molar refractivity (Wildman–Crippen MR) is 45.6 cm³/mol. The second kappa shape index (κ2) is 8.32. The van der Waals surface area contributed by atoms with E-state index in [4.69, 9.17) is 16.3 Å². The van der Waals surface area contributed by atoms with Crippen molar-refractivity contribution in [3.63, 3.8) is 0 Å². The Kier molecular flexibility index (Phi) is 8.49. The normalized spacial score (nSPS) is 12.5. The molecule has 0 rings (SSSR count). The molecule has 0 heterocycles. The van der Waals surface area contributed by atoms with Gasteiger partial charge in [-0.2, -0.15) is 0 Å². The molecule has 0 unspecified atom stereocenters. The van der Waals surface area contributed by atoms with Crippen LogP contribution in [0.4, 0.5) is 0 Å². The molecule has 0 N–H and O–H groups in total. The molecular weight excluding hydrogens is 250 g/mol. The summed E-state index contributed by atoms with van der Waals surface area (Å²) in [7, 11) is 0. The third-order valence-electron chi connectivity index (χ3n) is 1.09. The molecule has 0 saturated heterocycles. The first kappa shape index (κ1) is 11.2. The average Bonchev–Trinajstić information content (AvgIpc) is 2.05. The van der Waals surface area contributed by atoms with Crippen molar-refractivity contribution in [2.24, 2.45) is 0 Å². The number of ether oxygens (including phenoxy) is 1. The molecule has 0 amide bonds. The third kappa shape index (κ3) is 6.61. The first-order chi connectivity index (χ1) is 5.35. The number of hydrogen-bond acceptors (Lipinski definition) is 1. The second-order valence-corrected chi connectivity index (χ2v) is 2.56. The van der Waals surface area contributed by atoms with Crippen molar-refractivity contribution < 1.29 is 22.6 Å². The Morgan fingerprint density at radius 1 is 1.64 bits per heavy atom. The van der Waals surface area contributed by atoms with Gasteiger partial charge >= 0.3 is 82.2 Å². The predicted octanol–water partition coefficient (Wildman–Crippen LogP) is 2.05. The Morgan fingerprint density at radius 2 is 2.36 bits per heavy atom. The Morgan fingerprint density at radius 3 is 2.82 bits per heavy atom. The monoisotopic (exact) mass is 261 g/mol. The summed E-state index contributed by atoms with van der Waals surface area (Å²) in [4.78, 5) is 0. The first-order valence-corrected chi connectivity index (χ1v) is 4.69. The van der Waals surface area contributed by atoms with Gasteiger partial charge in [0.25, 0.3) is 0 Å². The van der Waals surface area contributed by atoms with Gasteiger partial charge in [-0.15, -0.1) is 0 Å². The van der Waals surface area contributed by atoms with Gasteiger partial charge in [-0.3, -0.25) is 0 Å². The molecule has 0 saturated carbocycles. The van der Waals surface area contributed by atoms with Crippen LogP contribution in [0.15, 0.2) is 23.8 Å². The molecule has 11 heavy (non-hydrogen) atoms. The van der Waals surface area contributed by atoms with Gasteiger partial charge in [0.15, 0.2) is 0 Å². The van der Waals surface area contributed by atoms with Crippen molar-refractivity contribution in [2.45, 2.75) is 6.92 Å². The zero-order chi connectivity index (χ0) is 8.53. The molecule has 0 aromatic carbocycles. The van der Waals surface area contributed by atoms with Crippen LogP contribution < -0.4 is 0 Å². The molecule has 0 spiro atoms. The third-order valence-corrected chi connectivity index (χ3v) is 1.56. The molecule has 0 bridgehead atoms. The molecule has 0 atom stereocenters. The standard InChI is InChI=1S/C8H11ClO.Rh/c1-3-5-8(4-2)6-10-7-9;/h1,3-5H,6-7H2,2H3;/b5-3-,8-4+;. The summed E-state index contributed by atoms with van der Waals surface area (Å²) in [6.07, 6.45) is 5.90. The minimum absolute atomic E-state index is 0.244. The number of rotatable bonds is 5. The summed E-state index contributed by atoms with van der Waals surface area (Å²) in [6, 6.07) is 0.244. The van der Waals surface area contributed by atoms with Crippen molar-refractivity contribution in [1.29, 1.82) is 0 Å². The maximum absolute atomic E-state index is 5.35. The fourth-order valence-electron chi connectivity index (χ4n) is 0.540. The van der Waals surface area contributed by atoms with Gasteiger partial charge < -0.3 is 0 Å². The first-order valence-electron chi connectivity index (χ1n) is 3.21. The molecule has 0 radical (unpaired) electrons. The van der Waals surface area contributed by atoms with E-state index in [-0.39, 0.29) is 6.07 Å². The van der Waals surface area contributed by atoms with Gasteiger partial charge in [0, 0.05) is 0 Å². The van der Waals surface area contributed by atoms with Gasteiger partial charge in [-0.1, -0.05) is 0 Å². The molecule has 3 heteroatoms. The maximum atomic E-state index is 5.35. The van der Waals surface area contributed by atoms with Crippen LogP contribution in [0.1, 0.15) is 6.92 Å². The van der Waals surface area contributed by atoms with Crippen LogP contribution in [-0.2, 0) is 22.6 Å². The van der Waals surface area contributed by atoms with Gasteiger partial charge in [0.05, 0.1) is 0 Å². The van der Waals surface area contributed by atoms with Crippen molar-refractivity contribution in [1.82, 2.24) is 0 Å². The Balaban J connectivity index is 3.77. The van der Waals surface area contributed by atoms with Crippen molar-refractivity contribution in [3.05, 3.63) is 23.8 Å². The van der Waals surface area contributed by atoms with Crippen LogP contribution >= 0.6 is 11.6 Å². The van der Waals surface area contributed by atoms with E-state index in [0.29, 0.717) is 6.61 Å². The van der Waals surface area contributed by atoms with Crippen molar-refractivity contribution in [3.8, 4) is 0 Å². The summed E-state index contributed by atoms with van der Waals surface area (Å²) < 4.78 is 6.87. The van der Waals surface area contributed by atoms with E-state index in [1.54, 1.807) is 0 Å². The number of allylic oxidation sites excluding steroid dienone is 2. The van der Waals surface area contributed by atoms with Crippen LogP contribution in [-0.4, -0.2) is 17.3 Å². The van der Waals surface area contributed by atoms with Gasteiger partial charge in [0.1, 0.15) is 0 Å². The van der Waals surface area contributed by atoms with Crippen LogP contribution in [0.3, 0.4) is 0 Å². The molecule has 0 aromatic rings. The fourth-order valence-corrected chi connectivity index (χ4v) is 0.775. The molecule has 0 aliphatic heterocycles. The van der Waals surface area contributed by atoms with Gasteiger partial charge in [-0.25, -0.2) is 0 Å². The molecule has 65 valence electrons. The van der Waals surface area contributed by atoms with Crippen LogP contribution in [0.2, 0.25) is 0 Å². The fraction of sp³-hybridized carbons (Fsp3) is 0.375. The minimum atomic E-state index is 0.244. The summed E-state index contributed by atoms with van der Waals surface area (Å²) >= 11 is 8.03. The number of halogens is 1. The Bertz CT molecular complexity index is 163. The van der Waals surface area contributed by atoms with Crippen LogP contribution in [0.25, 0.3) is 0 Å². The molecule has 0 aliphatic rings. The van der Waals surface area contributed by atoms with E-state index in [1.807, 2.05) is 29.8 Å². The summed E-state index contributed by atoms with van der Waals surface area (Å²) in [6.45, 7) is 2.55. The van der Waals surface area contributed by atoms with Gasteiger partial charge in [-0.05, 0) is 0 Å².